The largest absolute Gasteiger partial charge is 0.348 e. The number of carbonyl (C=O) groups is 3. The minimum Gasteiger partial charge on any atom is -0.348 e. The van der Waals surface area contributed by atoms with Gasteiger partial charge in [0.05, 0.1) is 0 Å². The Hall–Kier alpha value is -2.41. The van der Waals surface area contributed by atoms with Crippen molar-refractivity contribution in [1.82, 2.24) is 15.5 Å². The van der Waals surface area contributed by atoms with Crippen LogP contribution in [-0.4, -0.2) is 55.8 Å². The van der Waals surface area contributed by atoms with Gasteiger partial charge in [0.2, 0.25) is 0 Å². The maximum absolute atomic E-state index is 12.3. The normalized spacial score (nSPS) is 16.1. The lowest BCUT2D eigenvalue weighted by Crippen LogP contribution is -2.44. The number of amides is 3. The molecule has 0 aliphatic carbocycles. The first-order valence-corrected chi connectivity index (χ1v) is 8.67. The predicted octanol–water partition coefficient (Wildman–Crippen LogP) is 0.668. The van der Waals surface area contributed by atoms with Crippen LogP contribution in [0.3, 0.4) is 0 Å². The molecule has 3 amide bonds. The molecule has 0 unspecified atom stereocenters. The van der Waals surface area contributed by atoms with Crippen LogP contribution < -0.4 is 15.5 Å². The van der Waals surface area contributed by atoms with Crippen molar-refractivity contribution in [1.29, 1.82) is 0 Å². The Morgan fingerprint density at radius 3 is 2.52 bits per heavy atom. The van der Waals surface area contributed by atoms with Crippen molar-refractivity contribution in [3.05, 3.63) is 29.8 Å². The van der Waals surface area contributed by atoms with Gasteiger partial charge < -0.3 is 20.4 Å². The van der Waals surface area contributed by atoms with Crippen molar-refractivity contribution in [3.8, 4) is 0 Å². The van der Waals surface area contributed by atoms with Crippen molar-refractivity contribution in [2.75, 3.05) is 38.1 Å². The van der Waals surface area contributed by atoms with Crippen molar-refractivity contribution >= 4 is 23.4 Å². The van der Waals surface area contributed by atoms with E-state index in [1.54, 1.807) is 19.2 Å². The molecule has 2 rings (SSSR count). The zero-order valence-corrected chi connectivity index (χ0v) is 15.0. The van der Waals surface area contributed by atoms with Crippen LogP contribution >= 0.6 is 0 Å². The highest BCUT2D eigenvalue weighted by Gasteiger charge is 2.36. The molecule has 25 heavy (non-hydrogen) atoms. The molecular weight excluding hydrogens is 320 g/mol. The van der Waals surface area contributed by atoms with Crippen molar-refractivity contribution in [3.63, 3.8) is 0 Å². The molecule has 2 N–H and O–H groups in total. The minimum atomic E-state index is -0.810. The highest BCUT2D eigenvalue weighted by molar-refractivity contribution is 6.35. The summed E-state index contributed by atoms with van der Waals surface area (Å²) in [6.45, 7) is 7.39. The number of carbonyl (C=O) groups excluding carboxylic acids is 3. The van der Waals surface area contributed by atoms with E-state index in [2.05, 4.69) is 29.4 Å². The Morgan fingerprint density at radius 2 is 1.84 bits per heavy atom. The summed E-state index contributed by atoms with van der Waals surface area (Å²) in [6.07, 6.45) is 0.772. The van der Waals surface area contributed by atoms with Crippen molar-refractivity contribution in [2.24, 2.45) is 0 Å². The van der Waals surface area contributed by atoms with Gasteiger partial charge in [0.1, 0.15) is 6.04 Å². The number of benzene rings is 1. The molecule has 0 saturated carbocycles. The fourth-order valence-electron chi connectivity index (χ4n) is 2.94. The first-order valence-electron chi connectivity index (χ1n) is 8.67. The molecular formula is C18H26N4O3. The molecule has 7 nitrogen and oxygen atoms in total. The van der Waals surface area contributed by atoms with Crippen LogP contribution in [-0.2, 0) is 14.4 Å². The zero-order valence-electron chi connectivity index (χ0n) is 15.0. The molecule has 1 aliphatic heterocycles. The highest BCUT2D eigenvalue weighted by atomic mass is 16.2. The average molecular weight is 346 g/mol. The van der Waals surface area contributed by atoms with Gasteiger partial charge >= 0.3 is 11.8 Å². The molecule has 0 radical (unpaired) electrons. The van der Waals surface area contributed by atoms with Crippen LogP contribution in [0.25, 0.3) is 0 Å². The summed E-state index contributed by atoms with van der Waals surface area (Å²) < 4.78 is 0. The molecule has 136 valence electrons. The van der Waals surface area contributed by atoms with E-state index in [0.717, 1.165) is 31.7 Å². The summed E-state index contributed by atoms with van der Waals surface area (Å²) in [7, 11) is 1.65. The number of nitrogens with zero attached hydrogens (tertiary/aromatic N) is 2. The summed E-state index contributed by atoms with van der Waals surface area (Å²) in [5, 5.41) is 5.14. The number of fused-ring (bicyclic) bond motifs is 1. The molecule has 1 aromatic rings. The number of likely N-dealkylation sites (N-methyl/N-ethyl adjacent to an activating group) is 1. The van der Waals surface area contributed by atoms with E-state index < -0.39 is 17.9 Å². The predicted molar refractivity (Wildman–Crippen MR) is 96.2 cm³/mol. The third kappa shape index (κ3) is 4.36. The maximum atomic E-state index is 12.3. The highest BCUT2D eigenvalue weighted by Crippen LogP contribution is 2.34. The second-order valence-electron chi connectivity index (χ2n) is 6.00. The average Bonchev–Trinajstić information content (AvgIpc) is 2.87. The van der Waals surface area contributed by atoms with Crippen LogP contribution in [0.1, 0.15) is 31.9 Å². The third-order valence-corrected chi connectivity index (χ3v) is 4.50. The fraction of sp³-hybridized carbons (Fsp3) is 0.500. The van der Waals surface area contributed by atoms with E-state index in [9.17, 15) is 14.4 Å². The van der Waals surface area contributed by atoms with Gasteiger partial charge in [0.25, 0.3) is 5.91 Å². The third-order valence-electron chi connectivity index (χ3n) is 4.50. The Kier molecular flexibility index (Phi) is 6.52. The Labute approximate surface area is 148 Å². The Balaban J connectivity index is 1.85. The maximum Gasteiger partial charge on any atom is 0.310 e. The SMILES string of the molecule is CCN(CC)CCCNC(=O)C(=O)N[C@H]1C(=O)N(C)c2ccccc21. The number of anilines is 1. The van der Waals surface area contributed by atoms with E-state index in [1.165, 1.54) is 4.90 Å². The monoisotopic (exact) mass is 346 g/mol. The number of rotatable bonds is 7. The second-order valence-corrected chi connectivity index (χ2v) is 6.00. The summed E-state index contributed by atoms with van der Waals surface area (Å²) in [5.74, 6) is -1.74. The first kappa shape index (κ1) is 18.9. The lowest BCUT2D eigenvalue weighted by atomic mass is 10.1. The van der Waals surface area contributed by atoms with Gasteiger partial charge in [-0.25, -0.2) is 0 Å². The van der Waals surface area contributed by atoms with Crippen LogP contribution in [0.4, 0.5) is 5.69 Å². The summed E-state index contributed by atoms with van der Waals surface area (Å²) >= 11 is 0. The lowest BCUT2D eigenvalue weighted by molar-refractivity contribution is -0.140. The fourth-order valence-corrected chi connectivity index (χ4v) is 2.94. The minimum absolute atomic E-state index is 0.246. The van der Waals surface area contributed by atoms with Crippen LogP contribution in [0.5, 0.6) is 0 Å². The lowest BCUT2D eigenvalue weighted by Gasteiger charge is -2.17. The van der Waals surface area contributed by atoms with Gasteiger partial charge in [-0.2, -0.15) is 0 Å². The van der Waals surface area contributed by atoms with Gasteiger partial charge in [0, 0.05) is 24.8 Å². The molecule has 0 saturated heterocycles. The second kappa shape index (κ2) is 8.62. The quantitative estimate of drug-likeness (QED) is 0.562. The van der Waals surface area contributed by atoms with E-state index in [4.69, 9.17) is 0 Å². The van der Waals surface area contributed by atoms with Gasteiger partial charge in [-0.15, -0.1) is 0 Å². The molecule has 0 aromatic heterocycles. The topological polar surface area (TPSA) is 81.8 Å². The summed E-state index contributed by atoms with van der Waals surface area (Å²) in [4.78, 5) is 40.1. The van der Waals surface area contributed by atoms with E-state index in [0.29, 0.717) is 12.1 Å². The number of para-hydroxylation sites is 1. The zero-order chi connectivity index (χ0) is 18.4. The summed E-state index contributed by atoms with van der Waals surface area (Å²) in [5.41, 5.74) is 1.45. The number of hydrogen-bond acceptors (Lipinski definition) is 4. The number of nitrogens with one attached hydrogen (secondary N) is 2. The Bertz CT molecular complexity index is 643. The molecule has 7 heteroatoms. The number of hydrogen-bond donors (Lipinski definition) is 2. The molecule has 1 aromatic carbocycles. The van der Waals surface area contributed by atoms with Crippen LogP contribution in [0.2, 0.25) is 0 Å². The van der Waals surface area contributed by atoms with E-state index in [-0.39, 0.29) is 5.91 Å². The van der Waals surface area contributed by atoms with Crippen LogP contribution in [0.15, 0.2) is 24.3 Å². The molecule has 1 atom stereocenters. The van der Waals surface area contributed by atoms with Gasteiger partial charge in [0.15, 0.2) is 0 Å². The molecule has 0 spiro atoms. The smallest absolute Gasteiger partial charge is 0.310 e. The van der Waals surface area contributed by atoms with Crippen molar-refractivity contribution in [2.45, 2.75) is 26.3 Å². The summed E-state index contributed by atoms with van der Waals surface area (Å²) in [6, 6.07) is 6.42. The molecule has 0 fully saturated rings. The molecule has 0 bridgehead atoms. The molecule has 1 aliphatic rings. The molecule has 1 heterocycles. The van der Waals surface area contributed by atoms with Crippen molar-refractivity contribution < 1.29 is 14.4 Å². The standard InChI is InChI=1S/C18H26N4O3/c1-4-22(5-2)12-8-11-19-16(23)17(24)20-15-13-9-6-7-10-14(13)21(3)18(15)25/h6-7,9-10,15H,4-5,8,11-12H2,1-3H3,(H,19,23)(H,20,24)/t15-/m1/s1. The van der Waals surface area contributed by atoms with E-state index in [1.807, 2.05) is 12.1 Å². The van der Waals surface area contributed by atoms with Gasteiger partial charge in [-0.3, -0.25) is 14.4 Å². The van der Waals surface area contributed by atoms with Gasteiger partial charge in [-0.05, 0) is 32.1 Å². The van der Waals surface area contributed by atoms with Crippen LogP contribution in [0, 0.1) is 0 Å². The Morgan fingerprint density at radius 1 is 1.16 bits per heavy atom. The first-order chi connectivity index (χ1) is 12.0. The van der Waals surface area contributed by atoms with Gasteiger partial charge in [-0.1, -0.05) is 32.0 Å². The van der Waals surface area contributed by atoms with E-state index >= 15 is 0 Å².